The van der Waals surface area contributed by atoms with Gasteiger partial charge in [-0.05, 0) is 73.9 Å². The van der Waals surface area contributed by atoms with Crippen molar-refractivity contribution in [1.82, 2.24) is 20.3 Å². The first-order chi connectivity index (χ1) is 17.6. The molecule has 2 N–H and O–H groups in total. The van der Waals surface area contributed by atoms with Crippen molar-refractivity contribution in [3.8, 4) is 11.3 Å². The SMILES string of the molecule is O=C(O)CCCCc1nc2cc(C(=O)NC3CCCc4cnccc43)ccc2nc1-c1ccccc1. The Morgan fingerprint density at radius 2 is 1.86 bits per heavy atom. The Bertz CT molecular complexity index is 1400. The van der Waals surface area contributed by atoms with Crippen molar-refractivity contribution < 1.29 is 14.7 Å². The lowest BCUT2D eigenvalue weighted by atomic mass is 9.89. The minimum Gasteiger partial charge on any atom is -0.481 e. The van der Waals surface area contributed by atoms with E-state index in [1.165, 1.54) is 5.56 Å². The lowest BCUT2D eigenvalue weighted by Gasteiger charge is -2.26. The summed E-state index contributed by atoms with van der Waals surface area (Å²) in [6, 6.07) is 17.3. The number of aliphatic carboxylic acids is 1. The van der Waals surface area contributed by atoms with E-state index in [-0.39, 0.29) is 18.4 Å². The summed E-state index contributed by atoms with van der Waals surface area (Å²) in [5, 5.41) is 12.2. The van der Waals surface area contributed by atoms with Gasteiger partial charge in [0.2, 0.25) is 0 Å². The summed E-state index contributed by atoms with van der Waals surface area (Å²) in [5.74, 6) is -0.932. The number of benzene rings is 2. The number of hydrogen-bond donors (Lipinski definition) is 2. The molecular formula is C29H28N4O3. The first-order valence-electron chi connectivity index (χ1n) is 12.4. The van der Waals surface area contributed by atoms with Crippen LogP contribution in [0.1, 0.15) is 65.3 Å². The molecule has 0 saturated carbocycles. The largest absolute Gasteiger partial charge is 0.481 e. The van der Waals surface area contributed by atoms with Crippen LogP contribution < -0.4 is 5.32 Å². The second-order valence-electron chi connectivity index (χ2n) is 9.18. The Hall–Kier alpha value is -4.13. The van der Waals surface area contributed by atoms with Gasteiger partial charge >= 0.3 is 5.97 Å². The summed E-state index contributed by atoms with van der Waals surface area (Å²) >= 11 is 0. The number of carbonyl (C=O) groups is 2. The number of nitrogens with one attached hydrogen (secondary N) is 1. The average molecular weight is 481 g/mol. The molecular weight excluding hydrogens is 452 g/mol. The van der Waals surface area contributed by atoms with Gasteiger partial charge in [0, 0.05) is 29.9 Å². The van der Waals surface area contributed by atoms with E-state index in [9.17, 15) is 9.59 Å². The Morgan fingerprint density at radius 1 is 1.00 bits per heavy atom. The number of rotatable bonds is 8. The summed E-state index contributed by atoms with van der Waals surface area (Å²) < 4.78 is 0. The number of pyridine rings is 1. The fraction of sp³-hybridized carbons (Fsp3) is 0.276. The van der Waals surface area contributed by atoms with Gasteiger partial charge in [0.1, 0.15) is 0 Å². The van der Waals surface area contributed by atoms with E-state index in [0.717, 1.165) is 41.8 Å². The van der Waals surface area contributed by atoms with Gasteiger partial charge in [0.15, 0.2) is 0 Å². The number of amides is 1. The summed E-state index contributed by atoms with van der Waals surface area (Å²) in [6.07, 6.45) is 8.58. The van der Waals surface area contributed by atoms with E-state index in [1.54, 1.807) is 18.3 Å². The van der Waals surface area contributed by atoms with Crippen LogP contribution in [-0.2, 0) is 17.6 Å². The molecule has 36 heavy (non-hydrogen) atoms. The van der Waals surface area contributed by atoms with Gasteiger partial charge in [-0.3, -0.25) is 14.6 Å². The van der Waals surface area contributed by atoms with Crippen LogP contribution in [0.2, 0.25) is 0 Å². The Morgan fingerprint density at radius 3 is 2.69 bits per heavy atom. The normalized spacial score (nSPS) is 14.8. The summed E-state index contributed by atoms with van der Waals surface area (Å²) in [6.45, 7) is 0. The fourth-order valence-electron chi connectivity index (χ4n) is 4.83. The number of unbranched alkanes of at least 4 members (excludes halogenated alkanes) is 1. The van der Waals surface area contributed by atoms with Gasteiger partial charge in [-0.2, -0.15) is 0 Å². The van der Waals surface area contributed by atoms with Crippen LogP contribution in [-0.4, -0.2) is 31.9 Å². The van der Waals surface area contributed by atoms with E-state index in [1.807, 2.05) is 48.7 Å². The highest BCUT2D eigenvalue weighted by atomic mass is 16.4. The van der Waals surface area contributed by atoms with Crippen LogP contribution in [0.15, 0.2) is 67.0 Å². The molecule has 0 aliphatic heterocycles. The maximum atomic E-state index is 13.2. The van der Waals surface area contributed by atoms with Crippen LogP contribution in [0.5, 0.6) is 0 Å². The molecule has 1 amide bonds. The van der Waals surface area contributed by atoms with Gasteiger partial charge < -0.3 is 10.4 Å². The number of hydrogen-bond acceptors (Lipinski definition) is 5. The third kappa shape index (κ3) is 5.25. The topological polar surface area (TPSA) is 105 Å². The van der Waals surface area contributed by atoms with Gasteiger partial charge in [-0.25, -0.2) is 9.97 Å². The molecule has 2 aromatic carbocycles. The van der Waals surface area contributed by atoms with Gasteiger partial charge in [-0.1, -0.05) is 30.3 Å². The highest BCUT2D eigenvalue weighted by Crippen LogP contribution is 2.30. The predicted molar refractivity (Wildman–Crippen MR) is 138 cm³/mol. The predicted octanol–water partition coefficient (Wildman–Crippen LogP) is 5.30. The van der Waals surface area contributed by atoms with Crippen molar-refractivity contribution in [1.29, 1.82) is 0 Å². The standard InChI is InChI=1S/C29H28N4O3/c34-27(35)12-5-4-10-25-28(19-7-2-1-3-8-19)32-24-14-13-20(17-26(24)31-25)29(36)33-23-11-6-9-21-18-30-16-15-22(21)23/h1-3,7-8,13-18,23H,4-6,9-12H2,(H,33,36)(H,34,35). The zero-order valence-corrected chi connectivity index (χ0v) is 20.0. The Balaban J connectivity index is 1.42. The monoisotopic (exact) mass is 480 g/mol. The molecule has 2 heterocycles. The number of carboxylic acids is 1. The molecule has 0 spiro atoms. The maximum absolute atomic E-state index is 13.2. The summed E-state index contributed by atoms with van der Waals surface area (Å²) in [7, 11) is 0. The molecule has 0 bridgehead atoms. The van der Waals surface area contributed by atoms with Crippen molar-refractivity contribution in [2.24, 2.45) is 0 Å². The van der Waals surface area contributed by atoms with E-state index >= 15 is 0 Å². The highest BCUT2D eigenvalue weighted by molar-refractivity contribution is 5.97. The molecule has 7 heteroatoms. The van der Waals surface area contributed by atoms with Crippen LogP contribution in [0.3, 0.4) is 0 Å². The van der Waals surface area contributed by atoms with Crippen molar-refractivity contribution in [3.63, 3.8) is 0 Å². The molecule has 0 saturated heterocycles. The Kier molecular flexibility index (Phi) is 6.98. The van der Waals surface area contributed by atoms with Gasteiger partial charge in [-0.15, -0.1) is 0 Å². The van der Waals surface area contributed by atoms with Crippen molar-refractivity contribution in [3.05, 3.63) is 89.4 Å². The van der Waals surface area contributed by atoms with Crippen LogP contribution >= 0.6 is 0 Å². The smallest absolute Gasteiger partial charge is 0.303 e. The first-order valence-corrected chi connectivity index (χ1v) is 12.4. The molecule has 0 radical (unpaired) electrons. The summed E-state index contributed by atoms with van der Waals surface area (Å²) in [5.41, 5.74) is 6.82. The quantitative estimate of drug-likeness (QED) is 0.332. The van der Waals surface area contributed by atoms with Crippen LogP contribution in [0.25, 0.3) is 22.3 Å². The third-order valence-electron chi connectivity index (χ3n) is 6.66. The molecule has 1 aliphatic rings. The van der Waals surface area contributed by atoms with E-state index < -0.39 is 5.97 Å². The van der Waals surface area contributed by atoms with Crippen molar-refractivity contribution in [2.45, 2.75) is 51.0 Å². The second-order valence-corrected chi connectivity index (χ2v) is 9.18. The molecule has 5 rings (SSSR count). The number of aryl methyl sites for hydroxylation is 2. The molecule has 1 unspecified atom stereocenters. The average Bonchev–Trinajstić information content (AvgIpc) is 2.91. The molecule has 7 nitrogen and oxygen atoms in total. The van der Waals surface area contributed by atoms with E-state index in [4.69, 9.17) is 15.1 Å². The molecule has 4 aromatic rings. The zero-order chi connectivity index (χ0) is 24.9. The second kappa shape index (κ2) is 10.6. The van der Waals surface area contributed by atoms with Crippen molar-refractivity contribution >= 4 is 22.9 Å². The highest BCUT2D eigenvalue weighted by Gasteiger charge is 2.22. The van der Waals surface area contributed by atoms with Gasteiger partial charge in [0.05, 0.1) is 28.5 Å². The first kappa shape index (κ1) is 23.6. The number of nitrogens with zero attached hydrogens (tertiary/aromatic N) is 3. The van der Waals surface area contributed by atoms with Crippen LogP contribution in [0.4, 0.5) is 0 Å². The maximum Gasteiger partial charge on any atom is 0.303 e. The van der Waals surface area contributed by atoms with E-state index in [0.29, 0.717) is 35.9 Å². The van der Waals surface area contributed by atoms with Crippen molar-refractivity contribution in [2.75, 3.05) is 0 Å². The van der Waals surface area contributed by atoms with E-state index in [2.05, 4.69) is 10.3 Å². The number of fused-ring (bicyclic) bond motifs is 2. The minimum absolute atomic E-state index is 0.0312. The molecule has 1 atom stereocenters. The molecule has 1 aliphatic carbocycles. The molecule has 0 fully saturated rings. The molecule has 182 valence electrons. The lowest BCUT2D eigenvalue weighted by Crippen LogP contribution is -2.31. The number of carboxylic acid groups (broad SMARTS) is 1. The van der Waals surface area contributed by atoms with Gasteiger partial charge in [0.25, 0.3) is 5.91 Å². The third-order valence-corrected chi connectivity index (χ3v) is 6.66. The number of aromatic nitrogens is 3. The molecule has 2 aromatic heterocycles. The fourth-order valence-corrected chi connectivity index (χ4v) is 4.83. The minimum atomic E-state index is -0.796. The Labute approximate surface area is 209 Å². The number of carbonyl (C=O) groups excluding carboxylic acids is 1. The lowest BCUT2D eigenvalue weighted by molar-refractivity contribution is -0.137. The summed E-state index contributed by atoms with van der Waals surface area (Å²) in [4.78, 5) is 38.1. The zero-order valence-electron chi connectivity index (χ0n) is 20.0. The van der Waals surface area contributed by atoms with Crippen LogP contribution in [0, 0.1) is 0 Å².